The SMILES string of the molecule is c1nc(CC2CCCNCC2)no1. The molecule has 1 atom stereocenters. The molecule has 1 saturated heterocycles. The highest BCUT2D eigenvalue weighted by Crippen LogP contribution is 2.16. The largest absolute Gasteiger partial charge is 0.343 e. The van der Waals surface area contributed by atoms with Crippen LogP contribution in [-0.2, 0) is 6.42 Å². The average molecular weight is 181 g/mol. The van der Waals surface area contributed by atoms with E-state index in [2.05, 4.69) is 15.5 Å². The summed E-state index contributed by atoms with van der Waals surface area (Å²) in [5, 5.41) is 7.23. The third-order valence-electron chi connectivity index (χ3n) is 2.57. The first kappa shape index (κ1) is 8.69. The molecule has 1 aliphatic heterocycles. The number of rotatable bonds is 2. The van der Waals surface area contributed by atoms with Crippen molar-refractivity contribution in [3.8, 4) is 0 Å². The molecule has 0 aromatic carbocycles. The summed E-state index contributed by atoms with van der Waals surface area (Å²) in [4.78, 5) is 4.04. The molecule has 1 unspecified atom stereocenters. The molecular weight excluding hydrogens is 166 g/mol. The van der Waals surface area contributed by atoms with Gasteiger partial charge in [0, 0.05) is 6.42 Å². The lowest BCUT2D eigenvalue weighted by atomic mass is 9.97. The van der Waals surface area contributed by atoms with E-state index in [1.54, 1.807) is 0 Å². The van der Waals surface area contributed by atoms with Gasteiger partial charge < -0.3 is 9.84 Å². The monoisotopic (exact) mass is 181 g/mol. The van der Waals surface area contributed by atoms with E-state index >= 15 is 0 Å². The summed E-state index contributed by atoms with van der Waals surface area (Å²) in [6, 6.07) is 0. The maximum atomic E-state index is 4.71. The van der Waals surface area contributed by atoms with E-state index < -0.39 is 0 Å². The van der Waals surface area contributed by atoms with Crippen molar-refractivity contribution in [3.63, 3.8) is 0 Å². The van der Waals surface area contributed by atoms with E-state index in [4.69, 9.17) is 4.52 Å². The predicted octanol–water partition coefficient (Wildman–Crippen LogP) is 1.00. The highest BCUT2D eigenvalue weighted by molar-refractivity contribution is 4.83. The Morgan fingerprint density at radius 2 is 2.46 bits per heavy atom. The second kappa shape index (κ2) is 4.37. The zero-order valence-electron chi connectivity index (χ0n) is 7.70. The van der Waals surface area contributed by atoms with Gasteiger partial charge in [-0.15, -0.1) is 0 Å². The number of nitrogens with zero attached hydrogens (tertiary/aromatic N) is 2. The standard InChI is InChI=1S/C9H15N3O/c1-2-8(3-5-10-4-1)6-9-11-7-13-12-9/h7-8,10H,1-6H2. The molecule has 0 bridgehead atoms. The topological polar surface area (TPSA) is 51.0 Å². The third-order valence-corrected chi connectivity index (χ3v) is 2.57. The van der Waals surface area contributed by atoms with Gasteiger partial charge in [0.2, 0.25) is 6.39 Å². The molecule has 0 radical (unpaired) electrons. The molecule has 0 amide bonds. The Bertz CT molecular complexity index is 227. The van der Waals surface area contributed by atoms with Crippen molar-refractivity contribution in [1.29, 1.82) is 0 Å². The van der Waals surface area contributed by atoms with Crippen molar-refractivity contribution in [2.45, 2.75) is 25.7 Å². The van der Waals surface area contributed by atoms with Crippen LogP contribution in [0.15, 0.2) is 10.9 Å². The highest BCUT2D eigenvalue weighted by atomic mass is 16.5. The Hall–Kier alpha value is -0.900. The molecule has 1 aromatic rings. The summed E-state index contributed by atoms with van der Waals surface area (Å²) in [7, 11) is 0. The fourth-order valence-electron chi connectivity index (χ4n) is 1.84. The van der Waals surface area contributed by atoms with Gasteiger partial charge in [-0.3, -0.25) is 0 Å². The molecule has 0 aliphatic carbocycles. The minimum absolute atomic E-state index is 0.729. The average Bonchev–Trinajstić information content (AvgIpc) is 2.49. The minimum atomic E-state index is 0.729. The second-order valence-corrected chi connectivity index (χ2v) is 3.60. The van der Waals surface area contributed by atoms with Gasteiger partial charge in [-0.25, -0.2) is 0 Å². The van der Waals surface area contributed by atoms with Crippen LogP contribution in [0.1, 0.15) is 25.1 Å². The van der Waals surface area contributed by atoms with Crippen molar-refractivity contribution in [1.82, 2.24) is 15.5 Å². The van der Waals surface area contributed by atoms with E-state index in [9.17, 15) is 0 Å². The van der Waals surface area contributed by atoms with Crippen LogP contribution in [0.5, 0.6) is 0 Å². The lowest BCUT2D eigenvalue weighted by molar-refractivity contribution is 0.395. The second-order valence-electron chi connectivity index (χ2n) is 3.60. The summed E-state index contributed by atoms with van der Waals surface area (Å²) in [6.07, 6.45) is 6.15. The zero-order valence-corrected chi connectivity index (χ0v) is 7.70. The molecule has 1 fully saturated rings. The van der Waals surface area contributed by atoms with Gasteiger partial charge in [0.25, 0.3) is 0 Å². The van der Waals surface area contributed by atoms with Crippen molar-refractivity contribution in [3.05, 3.63) is 12.2 Å². The van der Waals surface area contributed by atoms with E-state index in [1.807, 2.05) is 0 Å². The zero-order chi connectivity index (χ0) is 8.93. The number of hydrogen-bond acceptors (Lipinski definition) is 4. The smallest absolute Gasteiger partial charge is 0.213 e. The normalized spacial score (nSPS) is 24.2. The van der Waals surface area contributed by atoms with Gasteiger partial charge in [-0.1, -0.05) is 5.16 Å². The van der Waals surface area contributed by atoms with Crippen LogP contribution in [0.3, 0.4) is 0 Å². The molecule has 0 saturated carbocycles. The van der Waals surface area contributed by atoms with Crippen molar-refractivity contribution < 1.29 is 4.52 Å². The molecule has 1 aliphatic rings. The lowest BCUT2D eigenvalue weighted by Gasteiger charge is -2.09. The molecule has 13 heavy (non-hydrogen) atoms. The van der Waals surface area contributed by atoms with Crippen LogP contribution < -0.4 is 5.32 Å². The van der Waals surface area contributed by atoms with Crippen LogP contribution in [0.2, 0.25) is 0 Å². The van der Waals surface area contributed by atoms with Crippen molar-refractivity contribution in [2.24, 2.45) is 5.92 Å². The number of hydrogen-bond donors (Lipinski definition) is 1. The molecule has 1 aromatic heterocycles. The summed E-state index contributed by atoms with van der Waals surface area (Å²) < 4.78 is 4.71. The van der Waals surface area contributed by atoms with Crippen molar-refractivity contribution in [2.75, 3.05) is 13.1 Å². The van der Waals surface area contributed by atoms with Crippen LogP contribution in [-0.4, -0.2) is 23.2 Å². The maximum absolute atomic E-state index is 4.71. The first-order valence-corrected chi connectivity index (χ1v) is 4.91. The first-order chi connectivity index (χ1) is 6.45. The minimum Gasteiger partial charge on any atom is -0.343 e. The first-order valence-electron chi connectivity index (χ1n) is 4.91. The summed E-state index contributed by atoms with van der Waals surface area (Å²) in [6.45, 7) is 2.28. The summed E-state index contributed by atoms with van der Waals surface area (Å²) in [5.74, 6) is 1.58. The summed E-state index contributed by atoms with van der Waals surface area (Å²) in [5.41, 5.74) is 0. The van der Waals surface area contributed by atoms with Crippen LogP contribution in [0.4, 0.5) is 0 Å². The Morgan fingerprint density at radius 3 is 3.31 bits per heavy atom. The van der Waals surface area contributed by atoms with Crippen LogP contribution in [0, 0.1) is 5.92 Å². The molecule has 0 spiro atoms. The third kappa shape index (κ3) is 2.52. The number of aromatic nitrogens is 2. The van der Waals surface area contributed by atoms with Gasteiger partial charge in [0.05, 0.1) is 0 Å². The highest BCUT2D eigenvalue weighted by Gasteiger charge is 2.14. The fourth-order valence-corrected chi connectivity index (χ4v) is 1.84. The summed E-state index contributed by atoms with van der Waals surface area (Å²) >= 11 is 0. The molecule has 2 rings (SSSR count). The van der Waals surface area contributed by atoms with Gasteiger partial charge in [-0.05, 0) is 38.3 Å². The Balaban J connectivity index is 1.86. The van der Waals surface area contributed by atoms with Gasteiger partial charge in [0.1, 0.15) is 0 Å². The molecule has 1 N–H and O–H groups in total. The Labute approximate surface area is 77.7 Å². The van der Waals surface area contributed by atoms with Crippen molar-refractivity contribution >= 4 is 0 Å². The maximum Gasteiger partial charge on any atom is 0.213 e. The Morgan fingerprint density at radius 1 is 1.46 bits per heavy atom. The van der Waals surface area contributed by atoms with Gasteiger partial charge >= 0.3 is 0 Å². The van der Waals surface area contributed by atoms with Gasteiger partial charge in [0.15, 0.2) is 5.82 Å². The van der Waals surface area contributed by atoms with Crippen LogP contribution >= 0.6 is 0 Å². The fraction of sp³-hybridized carbons (Fsp3) is 0.778. The predicted molar refractivity (Wildman–Crippen MR) is 48.2 cm³/mol. The van der Waals surface area contributed by atoms with Crippen LogP contribution in [0.25, 0.3) is 0 Å². The van der Waals surface area contributed by atoms with E-state index in [0.717, 1.165) is 31.3 Å². The molecule has 2 heterocycles. The molecule has 72 valence electrons. The van der Waals surface area contributed by atoms with E-state index in [1.165, 1.54) is 25.7 Å². The number of nitrogens with one attached hydrogen (secondary N) is 1. The lowest BCUT2D eigenvalue weighted by Crippen LogP contribution is -2.14. The quantitative estimate of drug-likeness (QED) is 0.739. The molecule has 4 nitrogen and oxygen atoms in total. The molecular formula is C9H15N3O. The van der Waals surface area contributed by atoms with Gasteiger partial charge in [-0.2, -0.15) is 4.98 Å². The van der Waals surface area contributed by atoms with E-state index in [-0.39, 0.29) is 0 Å². The van der Waals surface area contributed by atoms with E-state index in [0.29, 0.717) is 0 Å². The Kier molecular flexibility index (Phi) is 2.92. The molecule has 4 heteroatoms.